The highest BCUT2D eigenvalue weighted by Crippen LogP contribution is 2.28. The van der Waals surface area contributed by atoms with Crippen LogP contribution in [0, 0.1) is 0 Å². The summed E-state index contributed by atoms with van der Waals surface area (Å²) in [6.45, 7) is 2.88. The van der Waals surface area contributed by atoms with Crippen LogP contribution < -0.4 is 15.4 Å². The quantitative estimate of drug-likeness (QED) is 0.830. The van der Waals surface area contributed by atoms with E-state index >= 15 is 0 Å². The third-order valence-corrected chi connectivity index (χ3v) is 6.72. The Morgan fingerprint density at radius 1 is 1.00 bits per heavy atom. The Balaban J connectivity index is 1.28. The van der Waals surface area contributed by atoms with E-state index < -0.39 is 10.0 Å². The number of nitrogens with one attached hydrogen (secondary N) is 1. The van der Waals surface area contributed by atoms with Crippen LogP contribution in [0.3, 0.4) is 0 Å². The summed E-state index contributed by atoms with van der Waals surface area (Å²) in [6.07, 6.45) is 5.99. The molecule has 4 rings (SSSR count). The first-order valence-corrected chi connectivity index (χ1v) is 11.3. The highest BCUT2D eigenvalue weighted by Gasteiger charge is 2.20. The zero-order valence-corrected chi connectivity index (χ0v) is 16.3. The van der Waals surface area contributed by atoms with Crippen molar-refractivity contribution in [3.05, 3.63) is 59.2 Å². The van der Waals surface area contributed by atoms with E-state index in [-0.39, 0.29) is 4.90 Å². The highest BCUT2D eigenvalue weighted by atomic mass is 32.2. The molecule has 2 aromatic carbocycles. The molecule has 0 saturated carbocycles. The summed E-state index contributed by atoms with van der Waals surface area (Å²) < 4.78 is 22.6. The maximum Gasteiger partial charge on any atom is 0.238 e. The average molecular weight is 386 g/mol. The molecule has 0 unspecified atom stereocenters. The summed E-state index contributed by atoms with van der Waals surface area (Å²) in [5.41, 5.74) is 5.51. The van der Waals surface area contributed by atoms with Crippen molar-refractivity contribution in [3.8, 4) is 0 Å². The Labute approximate surface area is 161 Å². The van der Waals surface area contributed by atoms with Crippen LogP contribution in [-0.4, -0.2) is 27.5 Å². The van der Waals surface area contributed by atoms with E-state index in [2.05, 4.69) is 28.4 Å². The van der Waals surface area contributed by atoms with E-state index in [9.17, 15) is 8.42 Å². The van der Waals surface area contributed by atoms with Gasteiger partial charge in [-0.3, -0.25) is 0 Å². The van der Waals surface area contributed by atoms with Crippen LogP contribution in [0.1, 0.15) is 36.0 Å². The molecule has 27 heavy (non-hydrogen) atoms. The van der Waals surface area contributed by atoms with Gasteiger partial charge in [-0.25, -0.2) is 13.6 Å². The number of piperidine rings is 1. The molecule has 144 valence electrons. The maximum atomic E-state index is 11.3. The standard InChI is InChI=1S/C21H27N3O2S/c22-27(25,26)21-8-4-16(5-9-21)15-23-19-10-12-24(13-11-19)20-7-6-17-2-1-3-18(17)14-20/h4-9,14,19,23H,1-3,10-13,15H2,(H2,22,25,26). The Morgan fingerprint density at radius 2 is 1.70 bits per heavy atom. The Hall–Kier alpha value is -1.89. The van der Waals surface area contributed by atoms with E-state index in [1.807, 2.05) is 12.1 Å². The lowest BCUT2D eigenvalue weighted by atomic mass is 10.0. The van der Waals surface area contributed by atoms with Crippen molar-refractivity contribution in [2.75, 3.05) is 18.0 Å². The maximum absolute atomic E-state index is 11.3. The van der Waals surface area contributed by atoms with Crippen molar-refractivity contribution < 1.29 is 8.42 Å². The second kappa shape index (κ2) is 7.62. The molecule has 0 atom stereocenters. The summed E-state index contributed by atoms with van der Waals surface area (Å²) in [6, 6.07) is 14.3. The molecule has 1 aliphatic carbocycles. The summed E-state index contributed by atoms with van der Waals surface area (Å²) >= 11 is 0. The van der Waals surface area contributed by atoms with Gasteiger partial charge in [0, 0.05) is 31.4 Å². The molecule has 0 radical (unpaired) electrons. The lowest BCUT2D eigenvalue weighted by Crippen LogP contribution is -2.42. The number of nitrogens with two attached hydrogens (primary N) is 1. The van der Waals surface area contributed by atoms with Crippen molar-refractivity contribution in [1.82, 2.24) is 5.32 Å². The third kappa shape index (κ3) is 4.34. The van der Waals surface area contributed by atoms with Gasteiger partial charge in [0.25, 0.3) is 0 Å². The molecule has 0 amide bonds. The number of aryl methyl sites for hydroxylation is 2. The Bertz CT molecular complexity index is 902. The van der Waals surface area contributed by atoms with E-state index in [0.717, 1.165) is 38.0 Å². The van der Waals surface area contributed by atoms with Gasteiger partial charge in [0.2, 0.25) is 10.0 Å². The van der Waals surface area contributed by atoms with Gasteiger partial charge in [-0.1, -0.05) is 18.2 Å². The number of nitrogens with zero attached hydrogens (tertiary/aromatic N) is 1. The first-order chi connectivity index (χ1) is 13.0. The summed E-state index contributed by atoms with van der Waals surface area (Å²) in [4.78, 5) is 2.66. The number of hydrogen-bond donors (Lipinski definition) is 2. The zero-order valence-electron chi connectivity index (χ0n) is 15.5. The second-order valence-corrected chi connectivity index (χ2v) is 9.20. The first kappa shape index (κ1) is 18.5. The number of benzene rings is 2. The molecular formula is C21H27N3O2S. The van der Waals surface area contributed by atoms with Crippen molar-refractivity contribution in [1.29, 1.82) is 0 Å². The van der Waals surface area contributed by atoms with Gasteiger partial charge in [0.05, 0.1) is 4.90 Å². The number of primary sulfonamides is 1. The average Bonchev–Trinajstić information content (AvgIpc) is 3.14. The van der Waals surface area contributed by atoms with Crippen LogP contribution in [0.15, 0.2) is 47.4 Å². The summed E-state index contributed by atoms with van der Waals surface area (Å²) in [5, 5.41) is 8.74. The predicted octanol–water partition coefficient (Wildman–Crippen LogP) is 2.58. The second-order valence-electron chi connectivity index (χ2n) is 7.64. The molecule has 1 aliphatic heterocycles. The van der Waals surface area contributed by atoms with E-state index in [4.69, 9.17) is 5.14 Å². The molecule has 1 saturated heterocycles. The van der Waals surface area contributed by atoms with Crippen molar-refractivity contribution >= 4 is 15.7 Å². The predicted molar refractivity (Wildman–Crippen MR) is 108 cm³/mol. The minimum atomic E-state index is -3.62. The van der Waals surface area contributed by atoms with Gasteiger partial charge in [-0.05, 0) is 73.1 Å². The normalized spacial score (nSPS) is 17.9. The number of hydrogen-bond acceptors (Lipinski definition) is 4. The molecule has 2 aliphatic rings. The van der Waals surface area contributed by atoms with Crippen LogP contribution in [0.5, 0.6) is 0 Å². The fraction of sp³-hybridized carbons (Fsp3) is 0.429. The monoisotopic (exact) mass is 385 g/mol. The number of sulfonamides is 1. The van der Waals surface area contributed by atoms with Crippen molar-refractivity contribution in [2.24, 2.45) is 5.14 Å². The molecule has 2 aromatic rings. The summed E-state index contributed by atoms with van der Waals surface area (Å²) in [7, 11) is -3.62. The van der Waals surface area contributed by atoms with Gasteiger partial charge in [-0.2, -0.15) is 0 Å². The molecule has 0 bridgehead atoms. The molecule has 0 aromatic heterocycles. The number of fused-ring (bicyclic) bond motifs is 1. The fourth-order valence-corrected chi connectivity index (χ4v) is 4.67. The lowest BCUT2D eigenvalue weighted by molar-refractivity contribution is 0.414. The van der Waals surface area contributed by atoms with Crippen LogP contribution in [0.2, 0.25) is 0 Å². The summed E-state index contributed by atoms with van der Waals surface area (Å²) in [5.74, 6) is 0. The zero-order chi connectivity index (χ0) is 18.9. The fourth-order valence-electron chi connectivity index (χ4n) is 4.16. The molecular weight excluding hydrogens is 358 g/mol. The van der Waals surface area contributed by atoms with Crippen LogP contribution in [0.4, 0.5) is 5.69 Å². The van der Waals surface area contributed by atoms with Gasteiger partial charge < -0.3 is 10.2 Å². The van der Waals surface area contributed by atoms with Gasteiger partial charge in [0.15, 0.2) is 0 Å². The smallest absolute Gasteiger partial charge is 0.238 e. The molecule has 3 N–H and O–H groups in total. The van der Waals surface area contributed by atoms with Crippen LogP contribution in [-0.2, 0) is 29.4 Å². The molecule has 5 nitrogen and oxygen atoms in total. The SMILES string of the molecule is NS(=O)(=O)c1ccc(CNC2CCN(c3ccc4c(c3)CCC4)CC2)cc1. The van der Waals surface area contributed by atoms with E-state index in [1.165, 1.54) is 36.1 Å². The number of rotatable bonds is 5. The molecule has 0 spiro atoms. The van der Waals surface area contributed by atoms with Gasteiger partial charge in [0.1, 0.15) is 0 Å². The topological polar surface area (TPSA) is 75.4 Å². The van der Waals surface area contributed by atoms with Crippen LogP contribution >= 0.6 is 0 Å². The lowest BCUT2D eigenvalue weighted by Gasteiger charge is -2.34. The molecule has 1 fully saturated rings. The molecule has 1 heterocycles. The largest absolute Gasteiger partial charge is 0.371 e. The minimum Gasteiger partial charge on any atom is -0.371 e. The minimum absolute atomic E-state index is 0.161. The van der Waals surface area contributed by atoms with E-state index in [0.29, 0.717) is 6.04 Å². The van der Waals surface area contributed by atoms with E-state index in [1.54, 1.807) is 12.1 Å². The third-order valence-electron chi connectivity index (χ3n) is 5.79. The Kier molecular flexibility index (Phi) is 5.21. The van der Waals surface area contributed by atoms with Crippen molar-refractivity contribution in [2.45, 2.75) is 49.6 Å². The highest BCUT2D eigenvalue weighted by molar-refractivity contribution is 7.89. The van der Waals surface area contributed by atoms with Crippen molar-refractivity contribution in [3.63, 3.8) is 0 Å². The Morgan fingerprint density at radius 3 is 2.41 bits per heavy atom. The number of anilines is 1. The van der Waals surface area contributed by atoms with Crippen LogP contribution in [0.25, 0.3) is 0 Å². The van der Waals surface area contributed by atoms with Gasteiger partial charge >= 0.3 is 0 Å². The van der Waals surface area contributed by atoms with Gasteiger partial charge in [-0.15, -0.1) is 0 Å². The molecule has 6 heteroatoms. The first-order valence-electron chi connectivity index (χ1n) is 9.71.